The van der Waals surface area contributed by atoms with Crippen molar-refractivity contribution in [3.8, 4) is 0 Å². The van der Waals surface area contributed by atoms with Crippen LogP contribution in [0, 0.1) is 0 Å². The second-order valence-electron chi connectivity index (χ2n) is 3.90. The molecule has 0 fully saturated rings. The van der Waals surface area contributed by atoms with Crippen molar-refractivity contribution >= 4 is 60.4 Å². The number of amides is 1. The van der Waals surface area contributed by atoms with E-state index in [1.54, 1.807) is 0 Å². The molecule has 1 amide bonds. The van der Waals surface area contributed by atoms with Gasteiger partial charge >= 0.3 is 0 Å². The van der Waals surface area contributed by atoms with Gasteiger partial charge in [0.2, 0.25) is 0 Å². The average molecular weight is 395 g/mol. The standard InChI is InChI=1S/C11H11Cl4NO4S/c1-20-4-2-3-16-11(17)8-9(13)6(12)5-7(10(8)14)21(15,18)19/h5H,2-4H2,1H3,(H,16,17). The molecule has 1 aromatic carbocycles. The molecule has 0 radical (unpaired) electrons. The van der Waals surface area contributed by atoms with Crippen LogP contribution in [0.25, 0.3) is 0 Å². The fraction of sp³-hybridized carbons (Fsp3) is 0.364. The number of hydrogen-bond donors (Lipinski definition) is 1. The van der Waals surface area contributed by atoms with Crippen molar-refractivity contribution in [2.24, 2.45) is 0 Å². The summed E-state index contributed by atoms with van der Waals surface area (Å²) >= 11 is 17.6. The minimum atomic E-state index is -4.16. The Bertz CT molecular complexity index is 648. The zero-order valence-corrected chi connectivity index (χ0v) is 14.6. The molecule has 118 valence electrons. The highest BCUT2D eigenvalue weighted by Gasteiger charge is 2.25. The van der Waals surface area contributed by atoms with Gasteiger partial charge in [-0.25, -0.2) is 8.42 Å². The second kappa shape index (κ2) is 7.85. The lowest BCUT2D eigenvalue weighted by Crippen LogP contribution is -2.26. The summed E-state index contributed by atoms with van der Waals surface area (Å²) < 4.78 is 27.7. The lowest BCUT2D eigenvalue weighted by atomic mass is 10.2. The number of hydrogen-bond acceptors (Lipinski definition) is 4. The Kier molecular flexibility index (Phi) is 7.03. The monoisotopic (exact) mass is 393 g/mol. The number of carbonyl (C=O) groups excluding carboxylic acids is 1. The number of carbonyl (C=O) groups is 1. The van der Waals surface area contributed by atoms with Crippen LogP contribution in [-0.2, 0) is 13.8 Å². The number of benzene rings is 1. The zero-order chi connectivity index (χ0) is 16.2. The number of ether oxygens (including phenoxy) is 1. The Hall–Kier alpha value is -0.240. The molecule has 5 nitrogen and oxygen atoms in total. The molecule has 1 aromatic rings. The highest BCUT2D eigenvalue weighted by atomic mass is 35.7. The summed E-state index contributed by atoms with van der Waals surface area (Å²) in [5.41, 5.74) is -0.234. The molecule has 0 aliphatic carbocycles. The van der Waals surface area contributed by atoms with E-state index in [-0.39, 0.29) is 20.6 Å². The molecule has 0 saturated heterocycles. The van der Waals surface area contributed by atoms with Crippen LogP contribution in [0.3, 0.4) is 0 Å². The van der Waals surface area contributed by atoms with E-state index in [2.05, 4.69) is 5.32 Å². The van der Waals surface area contributed by atoms with Crippen LogP contribution < -0.4 is 5.32 Å². The maximum atomic E-state index is 12.1. The van der Waals surface area contributed by atoms with Gasteiger partial charge in [0.05, 0.1) is 20.6 Å². The first-order valence-electron chi connectivity index (χ1n) is 5.59. The van der Waals surface area contributed by atoms with Crippen molar-refractivity contribution < 1.29 is 17.9 Å². The third kappa shape index (κ3) is 4.87. The van der Waals surface area contributed by atoms with Gasteiger partial charge in [0.15, 0.2) is 0 Å². The first kappa shape index (κ1) is 18.8. The summed E-state index contributed by atoms with van der Waals surface area (Å²) in [6.45, 7) is 0.757. The fourth-order valence-corrected chi connectivity index (χ4v) is 3.61. The summed E-state index contributed by atoms with van der Waals surface area (Å²) in [5.74, 6) is -0.648. The number of halogens is 4. The lowest BCUT2D eigenvalue weighted by molar-refractivity contribution is 0.0948. The summed E-state index contributed by atoms with van der Waals surface area (Å²) in [6, 6.07) is 0.996. The molecule has 0 spiro atoms. The first-order valence-corrected chi connectivity index (χ1v) is 9.03. The van der Waals surface area contributed by atoms with Crippen LogP contribution >= 0.6 is 45.5 Å². The van der Waals surface area contributed by atoms with Gasteiger partial charge in [-0.15, -0.1) is 0 Å². The third-order valence-electron chi connectivity index (χ3n) is 2.42. The molecular formula is C11H11Cl4NO4S. The quantitative estimate of drug-likeness (QED) is 0.456. The van der Waals surface area contributed by atoms with Gasteiger partial charge in [-0.1, -0.05) is 34.8 Å². The highest BCUT2D eigenvalue weighted by molar-refractivity contribution is 8.13. The Morgan fingerprint density at radius 3 is 2.43 bits per heavy atom. The molecular weight excluding hydrogens is 384 g/mol. The van der Waals surface area contributed by atoms with Gasteiger partial charge < -0.3 is 10.1 Å². The molecule has 0 bridgehead atoms. The van der Waals surface area contributed by atoms with Crippen LogP contribution in [0.2, 0.25) is 15.1 Å². The Balaban J connectivity index is 3.17. The summed E-state index contributed by atoms with van der Waals surface area (Å²) in [7, 11) is 2.62. The van der Waals surface area contributed by atoms with Crippen LogP contribution in [0.4, 0.5) is 0 Å². The van der Waals surface area contributed by atoms with E-state index in [1.807, 2.05) is 0 Å². The van der Waals surface area contributed by atoms with Gasteiger partial charge in [-0.2, -0.15) is 0 Å². The zero-order valence-electron chi connectivity index (χ0n) is 10.8. The first-order chi connectivity index (χ1) is 9.70. The molecule has 0 aromatic heterocycles. The van der Waals surface area contributed by atoms with Gasteiger partial charge in [0, 0.05) is 30.9 Å². The maximum Gasteiger partial charge on any atom is 0.262 e. The largest absolute Gasteiger partial charge is 0.385 e. The normalized spacial score (nSPS) is 11.5. The van der Waals surface area contributed by atoms with Crippen LogP contribution in [0.15, 0.2) is 11.0 Å². The van der Waals surface area contributed by atoms with Crippen molar-refractivity contribution in [2.45, 2.75) is 11.3 Å². The van der Waals surface area contributed by atoms with Gasteiger partial charge in [0.1, 0.15) is 4.90 Å². The highest BCUT2D eigenvalue weighted by Crippen LogP contribution is 2.37. The topological polar surface area (TPSA) is 72.5 Å². The summed E-state index contributed by atoms with van der Waals surface area (Å²) in [5, 5.41) is 1.89. The predicted molar refractivity (Wildman–Crippen MR) is 83.3 cm³/mol. The number of methoxy groups -OCH3 is 1. The van der Waals surface area contributed by atoms with Crippen molar-refractivity contribution in [2.75, 3.05) is 20.3 Å². The molecule has 1 rings (SSSR count). The van der Waals surface area contributed by atoms with Crippen LogP contribution in [-0.4, -0.2) is 34.6 Å². The van der Waals surface area contributed by atoms with Crippen molar-refractivity contribution in [3.63, 3.8) is 0 Å². The van der Waals surface area contributed by atoms with Gasteiger partial charge in [-0.3, -0.25) is 4.79 Å². The Labute approximate surface area is 141 Å². The van der Waals surface area contributed by atoms with Crippen LogP contribution in [0.5, 0.6) is 0 Å². The lowest BCUT2D eigenvalue weighted by Gasteiger charge is -2.12. The molecule has 10 heteroatoms. The second-order valence-corrected chi connectivity index (χ2v) is 7.60. The summed E-state index contributed by atoms with van der Waals surface area (Å²) in [6.07, 6.45) is 0.568. The van der Waals surface area contributed by atoms with Crippen molar-refractivity contribution in [3.05, 3.63) is 26.7 Å². The van der Waals surface area contributed by atoms with E-state index in [9.17, 15) is 13.2 Å². The van der Waals surface area contributed by atoms with Crippen LogP contribution in [0.1, 0.15) is 16.8 Å². The molecule has 0 saturated carbocycles. The van der Waals surface area contributed by atoms with E-state index in [0.717, 1.165) is 6.07 Å². The fourth-order valence-electron chi connectivity index (χ4n) is 1.46. The maximum absolute atomic E-state index is 12.1. The van der Waals surface area contributed by atoms with E-state index in [4.69, 9.17) is 50.2 Å². The Morgan fingerprint density at radius 1 is 1.29 bits per heavy atom. The van der Waals surface area contributed by atoms with Crippen molar-refractivity contribution in [1.29, 1.82) is 0 Å². The third-order valence-corrected chi connectivity index (χ3v) is 5.06. The number of rotatable bonds is 6. The molecule has 1 N–H and O–H groups in total. The SMILES string of the molecule is COCCCNC(=O)c1c(Cl)c(Cl)cc(S(=O)(=O)Cl)c1Cl. The minimum Gasteiger partial charge on any atom is -0.385 e. The number of nitrogens with one attached hydrogen (secondary N) is 1. The van der Waals surface area contributed by atoms with E-state index >= 15 is 0 Å². The predicted octanol–water partition coefficient (Wildman–Crippen LogP) is 3.34. The van der Waals surface area contributed by atoms with E-state index < -0.39 is 19.9 Å². The van der Waals surface area contributed by atoms with Crippen molar-refractivity contribution in [1.82, 2.24) is 5.32 Å². The molecule has 0 heterocycles. The van der Waals surface area contributed by atoms with Gasteiger partial charge in [0.25, 0.3) is 15.0 Å². The molecule has 0 atom stereocenters. The Morgan fingerprint density at radius 2 is 1.90 bits per heavy atom. The van der Waals surface area contributed by atoms with E-state index in [0.29, 0.717) is 19.6 Å². The molecule has 0 aliphatic rings. The minimum absolute atomic E-state index is 0.137. The molecule has 0 unspecified atom stereocenters. The smallest absolute Gasteiger partial charge is 0.262 e. The average Bonchev–Trinajstić information content (AvgIpc) is 2.38. The summed E-state index contributed by atoms with van der Waals surface area (Å²) in [4.78, 5) is 11.6. The molecule has 0 aliphatic heterocycles. The molecule has 21 heavy (non-hydrogen) atoms. The van der Waals surface area contributed by atoms with E-state index in [1.165, 1.54) is 7.11 Å². The van der Waals surface area contributed by atoms with Gasteiger partial charge in [-0.05, 0) is 12.5 Å².